The number of tetrazole rings is 1. The first-order chi connectivity index (χ1) is 12.0. The van der Waals surface area contributed by atoms with Crippen LogP contribution in [-0.2, 0) is 13.7 Å². The molecule has 6 nitrogen and oxygen atoms in total. The zero-order valence-electron chi connectivity index (χ0n) is 14.3. The molecule has 2 aromatic carbocycles. The van der Waals surface area contributed by atoms with E-state index in [0.717, 1.165) is 15.8 Å². The van der Waals surface area contributed by atoms with Crippen molar-refractivity contribution < 1.29 is 9.13 Å². The van der Waals surface area contributed by atoms with Crippen molar-refractivity contribution in [1.82, 2.24) is 19.8 Å². The van der Waals surface area contributed by atoms with E-state index >= 15 is 0 Å². The Morgan fingerprint density at radius 2 is 1.88 bits per heavy atom. The van der Waals surface area contributed by atoms with Crippen LogP contribution in [0.5, 0.6) is 5.75 Å². The summed E-state index contributed by atoms with van der Waals surface area (Å²) in [4.78, 5) is 12.2. The minimum atomic E-state index is -0.428. The van der Waals surface area contributed by atoms with E-state index < -0.39 is 5.82 Å². The van der Waals surface area contributed by atoms with Crippen molar-refractivity contribution in [3.63, 3.8) is 0 Å². The quantitative estimate of drug-likeness (QED) is 0.715. The van der Waals surface area contributed by atoms with Crippen LogP contribution >= 0.6 is 0 Å². The molecule has 0 N–H and O–H groups in total. The Morgan fingerprint density at radius 1 is 1.12 bits per heavy atom. The van der Waals surface area contributed by atoms with E-state index in [9.17, 15) is 9.18 Å². The monoisotopic (exact) mass is 342 g/mol. The number of aryl methyl sites for hydroxylation is 1. The Bertz CT molecular complexity index is 946. The molecule has 0 saturated heterocycles. The van der Waals surface area contributed by atoms with Crippen LogP contribution in [0, 0.1) is 5.82 Å². The van der Waals surface area contributed by atoms with E-state index in [1.54, 1.807) is 24.3 Å². The van der Waals surface area contributed by atoms with E-state index in [1.807, 2.05) is 26.0 Å². The smallest absolute Gasteiger partial charge is 0.368 e. The van der Waals surface area contributed by atoms with Gasteiger partial charge in [-0.05, 0) is 40.1 Å². The highest BCUT2D eigenvalue weighted by atomic mass is 19.1. The van der Waals surface area contributed by atoms with E-state index in [0.29, 0.717) is 5.69 Å². The van der Waals surface area contributed by atoms with Gasteiger partial charge < -0.3 is 4.74 Å². The Morgan fingerprint density at radius 3 is 2.52 bits per heavy atom. The molecule has 0 fully saturated rings. The number of rotatable bonds is 5. The average Bonchev–Trinajstić information content (AvgIpc) is 2.93. The first kappa shape index (κ1) is 16.9. The summed E-state index contributed by atoms with van der Waals surface area (Å²) < 4.78 is 21.9. The van der Waals surface area contributed by atoms with Crippen LogP contribution in [0.4, 0.5) is 4.39 Å². The molecule has 130 valence electrons. The van der Waals surface area contributed by atoms with Gasteiger partial charge in [0.1, 0.15) is 6.61 Å². The largest absolute Gasteiger partial charge is 0.486 e. The molecule has 0 radical (unpaired) electrons. The molecular formula is C18H19FN4O2. The molecule has 0 amide bonds. The lowest BCUT2D eigenvalue weighted by molar-refractivity contribution is 0.288. The molecule has 0 bridgehead atoms. The van der Waals surface area contributed by atoms with Crippen molar-refractivity contribution in [3.8, 4) is 11.4 Å². The lowest BCUT2D eigenvalue weighted by Crippen LogP contribution is -2.23. The van der Waals surface area contributed by atoms with Gasteiger partial charge in [0, 0.05) is 12.6 Å². The second-order valence-electron chi connectivity index (χ2n) is 6.02. The highest BCUT2D eigenvalue weighted by Crippen LogP contribution is 2.26. The minimum Gasteiger partial charge on any atom is -0.486 e. The van der Waals surface area contributed by atoms with Gasteiger partial charge in [-0.25, -0.2) is 9.18 Å². The van der Waals surface area contributed by atoms with E-state index in [4.69, 9.17) is 4.74 Å². The third-order valence-corrected chi connectivity index (χ3v) is 3.97. The van der Waals surface area contributed by atoms with Crippen LogP contribution in [-0.4, -0.2) is 19.8 Å². The molecular weight excluding hydrogens is 323 g/mol. The number of benzene rings is 2. The van der Waals surface area contributed by atoms with Crippen LogP contribution in [0.25, 0.3) is 5.69 Å². The molecule has 1 aromatic heterocycles. The van der Waals surface area contributed by atoms with Crippen molar-refractivity contribution in [3.05, 3.63) is 69.9 Å². The maximum absolute atomic E-state index is 13.8. The normalized spacial score (nSPS) is 11.1. The second-order valence-corrected chi connectivity index (χ2v) is 6.02. The Kier molecular flexibility index (Phi) is 4.65. The van der Waals surface area contributed by atoms with E-state index in [1.165, 1.54) is 17.8 Å². The summed E-state index contributed by atoms with van der Waals surface area (Å²) >= 11 is 0. The highest BCUT2D eigenvalue weighted by molar-refractivity contribution is 5.46. The summed E-state index contributed by atoms with van der Waals surface area (Å²) in [5.74, 6) is -0.0622. The minimum absolute atomic E-state index is 0.119. The Labute approximate surface area is 144 Å². The van der Waals surface area contributed by atoms with Crippen molar-refractivity contribution in [1.29, 1.82) is 0 Å². The number of hydrogen-bond acceptors (Lipinski definition) is 4. The molecule has 0 unspecified atom stereocenters. The van der Waals surface area contributed by atoms with Crippen molar-refractivity contribution in [2.45, 2.75) is 26.4 Å². The molecule has 0 aliphatic carbocycles. The van der Waals surface area contributed by atoms with Crippen LogP contribution in [0.1, 0.15) is 30.9 Å². The zero-order chi connectivity index (χ0) is 18.0. The van der Waals surface area contributed by atoms with Gasteiger partial charge in [0.05, 0.1) is 5.69 Å². The second kappa shape index (κ2) is 6.88. The van der Waals surface area contributed by atoms with Crippen LogP contribution in [0.3, 0.4) is 0 Å². The standard InChI is InChI=1S/C18H19FN4O2/c1-12(2)13-7-6-9-16(23-18(24)22(3)20-21-23)14(13)11-25-17-10-5-4-8-15(17)19/h4-10,12H,11H2,1-3H3. The fraction of sp³-hybridized carbons (Fsp3) is 0.278. The molecule has 1 heterocycles. The molecule has 3 aromatic rings. The van der Waals surface area contributed by atoms with E-state index in [2.05, 4.69) is 10.4 Å². The Balaban J connectivity index is 2.05. The maximum atomic E-state index is 13.8. The number of aromatic nitrogens is 4. The summed E-state index contributed by atoms with van der Waals surface area (Å²) in [7, 11) is 1.54. The lowest BCUT2D eigenvalue weighted by atomic mass is 9.96. The van der Waals surface area contributed by atoms with Crippen LogP contribution in [0.2, 0.25) is 0 Å². The SMILES string of the molecule is CC(C)c1cccc(-n2nnn(C)c2=O)c1COc1ccccc1F. The first-order valence-electron chi connectivity index (χ1n) is 7.97. The highest BCUT2D eigenvalue weighted by Gasteiger charge is 2.17. The van der Waals surface area contributed by atoms with Crippen molar-refractivity contribution in [2.24, 2.45) is 7.05 Å². The number of ether oxygens (including phenoxy) is 1. The number of halogens is 1. The number of para-hydroxylation sites is 1. The first-order valence-corrected chi connectivity index (χ1v) is 7.97. The fourth-order valence-electron chi connectivity index (χ4n) is 2.67. The molecule has 0 atom stereocenters. The van der Waals surface area contributed by atoms with Gasteiger partial charge >= 0.3 is 5.69 Å². The van der Waals surface area contributed by atoms with Crippen LogP contribution < -0.4 is 10.4 Å². The van der Waals surface area contributed by atoms with Crippen molar-refractivity contribution in [2.75, 3.05) is 0 Å². The third-order valence-electron chi connectivity index (χ3n) is 3.97. The maximum Gasteiger partial charge on any atom is 0.368 e. The zero-order valence-corrected chi connectivity index (χ0v) is 14.3. The lowest BCUT2D eigenvalue weighted by Gasteiger charge is -2.17. The summed E-state index contributed by atoms with van der Waals surface area (Å²) in [6.45, 7) is 4.21. The molecule has 25 heavy (non-hydrogen) atoms. The summed E-state index contributed by atoms with van der Waals surface area (Å²) in [6.07, 6.45) is 0. The van der Waals surface area contributed by atoms with Crippen LogP contribution in [0.15, 0.2) is 47.3 Å². The topological polar surface area (TPSA) is 61.9 Å². The number of hydrogen-bond donors (Lipinski definition) is 0. The summed E-state index contributed by atoms with van der Waals surface area (Å²) in [5.41, 5.74) is 2.02. The predicted octanol–water partition coefficient (Wildman–Crippen LogP) is 2.81. The molecule has 7 heteroatoms. The summed E-state index contributed by atoms with van der Waals surface area (Å²) in [5, 5.41) is 7.66. The van der Waals surface area contributed by atoms with Gasteiger partial charge in [0.2, 0.25) is 0 Å². The fourth-order valence-corrected chi connectivity index (χ4v) is 2.67. The predicted molar refractivity (Wildman–Crippen MR) is 91.4 cm³/mol. The van der Waals surface area contributed by atoms with Crippen molar-refractivity contribution >= 4 is 0 Å². The summed E-state index contributed by atoms with van der Waals surface area (Å²) in [6, 6.07) is 11.8. The Hall–Kier alpha value is -2.96. The third kappa shape index (κ3) is 3.31. The molecule has 3 rings (SSSR count). The van der Waals surface area contributed by atoms with Gasteiger partial charge in [-0.1, -0.05) is 38.1 Å². The van der Waals surface area contributed by atoms with Gasteiger partial charge in [0.25, 0.3) is 0 Å². The van der Waals surface area contributed by atoms with Gasteiger partial charge in [0.15, 0.2) is 11.6 Å². The van der Waals surface area contributed by atoms with E-state index in [-0.39, 0.29) is 24.0 Å². The van der Waals surface area contributed by atoms with Gasteiger partial charge in [-0.3, -0.25) is 0 Å². The molecule has 0 aliphatic rings. The average molecular weight is 342 g/mol. The number of nitrogens with zero attached hydrogens (tertiary/aromatic N) is 4. The van der Waals surface area contributed by atoms with Gasteiger partial charge in [-0.15, -0.1) is 0 Å². The molecule has 0 aliphatic heterocycles. The van der Waals surface area contributed by atoms with Gasteiger partial charge in [-0.2, -0.15) is 9.36 Å². The molecule has 0 spiro atoms. The molecule has 0 saturated carbocycles.